The highest BCUT2D eigenvalue weighted by atomic mass is 32.1. The van der Waals surface area contributed by atoms with Crippen molar-refractivity contribution < 1.29 is 13.9 Å². The number of esters is 1. The topological polar surface area (TPSA) is 85.2 Å². The number of thiophene rings is 2. The van der Waals surface area contributed by atoms with E-state index in [1.807, 2.05) is 22.9 Å². The predicted octanol–water partition coefficient (Wildman–Crippen LogP) is 4.53. The van der Waals surface area contributed by atoms with Gasteiger partial charge in [0, 0.05) is 15.8 Å². The zero-order valence-electron chi connectivity index (χ0n) is 13.9. The van der Waals surface area contributed by atoms with Gasteiger partial charge in [-0.2, -0.15) is 0 Å². The second-order valence-electron chi connectivity index (χ2n) is 5.70. The van der Waals surface area contributed by atoms with Crippen LogP contribution in [0, 0.1) is 6.92 Å². The zero-order valence-corrected chi connectivity index (χ0v) is 15.6. The van der Waals surface area contributed by atoms with Crippen molar-refractivity contribution in [2.45, 2.75) is 20.0 Å². The fraction of sp³-hybridized carbons (Fsp3) is 0.167. The number of hydrogen-bond donors (Lipinski definition) is 1. The molecule has 4 heterocycles. The molecule has 4 rings (SSSR count). The first-order valence-corrected chi connectivity index (χ1v) is 9.61. The molecule has 0 spiro atoms. The highest BCUT2D eigenvalue weighted by molar-refractivity contribution is 7.18. The van der Waals surface area contributed by atoms with Crippen molar-refractivity contribution >= 4 is 38.9 Å². The average Bonchev–Trinajstić information content (AvgIpc) is 3.34. The Labute approximate surface area is 156 Å². The summed E-state index contributed by atoms with van der Waals surface area (Å²) in [5, 5.41) is 4.45. The van der Waals surface area contributed by atoms with E-state index in [1.165, 1.54) is 17.6 Å². The maximum atomic E-state index is 12.6. The van der Waals surface area contributed by atoms with Crippen LogP contribution >= 0.6 is 22.7 Å². The molecule has 0 aliphatic carbocycles. The summed E-state index contributed by atoms with van der Waals surface area (Å²) < 4.78 is 10.5. The average molecular weight is 386 g/mol. The lowest BCUT2D eigenvalue weighted by atomic mass is 10.2. The molecule has 0 saturated heterocycles. The molecule has 4 aromatic heterocycles. The van der Waals surface area contributed by atoms with Crippen LogP contribution in [0.15, 0.2) is 44.4 Å². The Kier molecular flexibility index (Phi) is 4.21. The molecule has 4 aromatic rings. The van der Waals surface area contributed by atoms with E-state index in [9.17, 15) is 9.59 Å². The molecule has 0 saturated carbocycles. The van der Waals surface area contributed by atoms with Crippen molar-refractivity contribution in [1.82, 2.24) is 9.97 Å². The Morgan fingerprint density at radius 3 is 2.88 bits per heavy atom. The number of furan rings is 1. The molecule has 1 atom stereocenters. The summed E-state index contributed by atoms with van der Waals surface area (Å²) in [4.78, 5) is 33.7. The van der Waals surface area contributed by atoms with E-state index in [-0.39, 0.29) is 5.56 Å². The van der Waals surface area contributed by atoms with Gasteiger partial charge in [-0.05, 0) is 31.4 Å². The summed E-state index contributed by atoms with van der Waals surface area (Å²) in [6, 6.07) is 5.46. The molecule has 0 aromatic carbocycles. The minimum Gasteiger partial charge on any atom is -0.469 e. The highest BCUT2D eigenvalue weighted by Crippen LogP contribution is 2.33. The van der Waals surface area contributed by atoms with Gasteiger partial charge in [0.2, 0.25) is 0 Å². The minimum atomic E-state index is -0.693. The molecule has 0 amide bonds. The molecular weight excluding hydrogens is 372 g/mol. The van der Waals surface area contributed by atoms with Gasteiger partial charge in [-0.1, -0.05) is 6.07 Å². The molecule has 26 heavy (non-hydrogen) atoms. The predicted molar refractivity (Wildman–Crippen MR) is 101 cm³/mol. The fourth-order valence-electron chi connectivity index (χ4n) is 2.65. The fourth-order valence-corrected chi connectivity index (χ4v) is 4.42. The third-order valence-corrected chi connectivity index (χ3v) is 5.77. The number of H-pyrrole nitrogens is 1. The van der Waals surface area contributed by atoms with Crippen molar-refractivity contribution in [3.05, 3.63) is 62.7 Å². The van der Waals surface area contributed by atoms with Gasteiger partial charge in [0.25, 0.3) is 5.56 Å². The van der Waals surface area contributed by atoms with Gasteiger partial charge < -0.3 is 14.1 Å². The van der Waals surface area contributed by atoms with Crippen molar-refractivity contribution in [3.8, 4) is 10.4 Å². The van der Waals surface area contributed by atoms with E-state index in [2.05, 4.69) is 9.97 Å². The van der Waals surface area contributed by atoms with Crippen LogP contribution in [-0.2, 0) is 4.74 Å². The SMILES string of the molecule is Cc1occc1C(=O)O[C@@H](C)c1nc2scc(-c3cccs3)c2c(=O)[nH]1. The Bertz CT molecular complexity index is 1140. The first kappa shape index (κ1) is 16.7. The Hall–Kier alpha value is -2.71. The lowest BCUT2D eigenvalue weighted by molar-refractivity contribution is 0.0318. The number of aromatic amines is 1. The van der Waals surface area contributed by atoms with Crippen molar-refractivity contribution in [1.29, 1.82) is 0 Å². The highest BCUT2D eigenvalue weighted by Gasteiger charge is 2.21. The van der Waals surface area contributed by atoms with Gasteiger partial charge in [0.15, 0.2) is 11.9 Å². The van der Waals surface area contributed by atoms with Crippen LogP contribution in [0.25, 0.3) is 20.7 Å². The number of carbonyl (C=O) groups is 1. The number of carbonyl (C=O) groups excluding carboxylic acids is 1. The number of hydrogen-bond acceptors (Lipinski definition) is 7. The number of fused-ring (bicyclic) bond motifs is 1. The number of aromatic nitrogens is 2. The lowest BCUT2D eigenvalue weighted by Crippen LogP contribution is -2.17. The van der Waals surface area contributed by atoms with Crippen LogP contribution in [0.3, 0.4) is 0 Å². The number of nitrogens with one attached hydrogen (secondary N) is 1. The summed E-state index contributed by atoms with van der Waals surface area (Å²) in [6.07, 6.45) is 0.738. The van der Waals surface area contributed by atoms with Gasteiger partial charge in [0.05, 0.1) is 11.6 Å². The van der Waals surface area contributed by atoms with Gasteiger partial charge in [-0.15, -0.1) is 22.7 Å². The van der Waals surface area contributed by atoms with Crippen molar-refractivity contribution in [3.63, 3.8) is 0 Å². The maximum absolute atomic E-state index is 12.6. The van der Waals surface area contributed by atoms with Crippen molar-refractivity contribution in [2.75, 3.05) is 0 Å². The number of ether oxygens (including phenoxy) is 1. The molecule has 0 aliphatic rings. The van der Waals surface area contributed by atoms with Gasteiger partial charge in [-0.3, -0.25) is 4.79 Å². The molecule has 0 unspecified atom stereocenters. The third kappa shape index (κ3) is 2.87. The standard InChI is InChI=1S/C18H14N2O4S2/c1-9-11(5-6-23-9)18(22)24-10(2)15-19-16(21)14-12(8-26-17(14)20-15)13-4-3-7-25-13/h3-8,10H,1-2H3,(H,19,20,21)/t10-/m0/s1. The molecule has 8 heteroatoms. The second-order valence-corrected chi connectivity index (χ2v) is 7.50. The number of nitrogens with zero attached hydrogens (tertiary/aromatic N) is 1. The van der Waals surface area contributed by atoms with Gasteiger partial charge >= 0.3 is 5.97 Å². The molecular formula is C18H14N2O4S2. The quantitative estimate of drug-likeness (QED) is 0.521. The summed E-state index contributed by atoms with van der Waals surface area (Å²) in [7, 11) is 0. The van der Waals surface area contributed by atoms with E-state index >= 15 is 0 Å². The summed E-state index contributed by atoms with van der Waals surface area (Å²) in [5.74, 6) is 0.284. The van der Waals surface area contributed by atoms with E-state index < -0.39 is 12.1 Å². The Morgan fingerprint density at radius 2 is 2.19 bits per heavy atom. The van der Waals surface area contributed by atoms with E-state index in [1.54, 1.807) is 31.3 Å². The molecule has 132 valence electrons. The van der Waals surface area contributed by atoms with Crippen molar-refractivity contribution in [2.24, 2.45) is 0 Å². The van der Waals surface area contributed by atoms with Crippen LogP contribution in [0.5, 0.6) is 0 Å². The lowest BCUT2D eigenvalue weighted by Gasteiger charge is -2.12. The largest absolute Gasteiger partial charge is 0.469 e. The smallest absolute Gasteiger partial charge is 0.342 e. The molecule has 0 fully saturated rings. The number of aryl methyl sites for hydroxylation is 1. The summed E-state index contributed by atoms with van der Waals surface area (Å²) >= 11 is 2.97. The molecule has 1 N–H and O–H groups in total. The molecule has 6 nitrogen and oxygen atoms in total. The van der Waals surface area contributed by atoms with Gasteiger partial charge in [-0.25, -0.2) is 9.78 Å². The summed E-state index contributed by atoms with van der Waals surface area (Å²) in [5.41, 5.74) is 0.993. The van der Waals surface area contributed by atoms with Crippen LogP contribution in [0.4, 0.5) is 0 Å². The van der Waals surface area contributed by atoms with E-state index in [0.29, 0.717) is 27.4 Å². The van der Waals surface area contributed by atoms with Crippen LogP contribution in [-0.4, -0.2) is 15.9 Å². The minimum absolute atomic E-state index is 0.239. The Morgan fingerprint density at radius 1 is 1.35 bits per heavy atom. The maximum Gasteiger partial charge on any atom is 0.342 e. The Balaban J connectivity index is 1.66. The second kappa shape index (κ2) is 6.54. The van der Waals surface area contributed by atoms with Gasteiger partial charge in [0.1, 0.15) is 16.2 Å². The monoisotopic (exact) mass is 386 g/mol. The first-order valence-electron chi connectivity index (χ1n) is 7.85. The molecule has 0 radical (unpaired) electrons. The first-order chi connectivity index (χ1) is 12.5. The molecule has 0 aliphatic heterocycles. The van der Waals surface area contributed by atoms with Crippen LogP contribution in [0.1, 0.15) is 35.0 Å². The van der Waals surface area contributed by atoms with Crippen LogP contribution < -0.4 is 5.56 Å². The van der Waals surface area contributed by atoms with E-state index in [4.69, 9.17) is 9.15 Å². The van der Waals surface area contributed by atoms with E-state index in [0.717, 1.165) is 10.4 Å². The summed E-state index contributed by atoms with van der Waals surface area (Å²) in [6.45, 7) is 3.36. The normalized spacial score (nSPS) is 12.4. The molecule has 0 bridgehead atoms. The zero-order chi connectivity index (χ0) is 18.3. The number of rotatable bonds is 4. The third-order valence-electron chi connectivity index (χ3n) is 4.00. The van der Waals surface area contributed by atoms with Crippen LogP contribution in [0.2, 0.25) is 0 Å².